The molecular formula is C36H40ClN3O4S. The summed E-state index contributed by atoms with van der Waals surface area (Å²) in [5.74, 6) is -0.810. The molecule has 0 aliphatic carbocycles. The quantitative estimate of drug-likeness (QED) is 0.177. The standard InChI is InChI=1S/C36H40ClN3O4S/c1-5-21-38-36(42)34(22-29-12-7-6-8-13-29)39(24-30-14-10-9-11-27(30)3)35(41)25-40(33-23-31(37)18-17-28(33)4)45(43,44)32-19-15-26(2)16-20-32/h6-20,23,34H,5,21-22,24-25H2,1-4H3,(H,38,42)/t34-/m0/s1. The summed E-state index contributed by atoms with van der Waals surface area (Å²) in [6, 6.07) is 27.7. The molecule has 0 spiro atoms. The first kappa shape index (κ1) is 33.7. The molecule has 0 heterocycles. The molecule has 1 N–H and O–H groups in total. The first-order chi connectivity index (χ1) is 21.5. The van der Waals surface area contributed by atoms with Gasteiger partial charge in [-0.2, -0.15) is 0 Å². The van der Waals surface area contributed by atoms with Gasteiger partial charge in [-0.25, -0.2) is 8.42 Å². The van der Waals surface area contributed by atoms with Crippen LogP contribution in [0.4, 0.5) is 5.69 Å². The average molecular weight is 646 g/mol. The van der Waals surface area contributed by atoms with Gasteiger partial charge in [-0.15, -0.1) is 0 Å². The van der Waals surface area contributed by atoms with E-state index in [1.807, 2.05) is 75.4 Å². The molecule has 9 heteroatoms. The number of nitrogens with one attached hydrogen (secondary N) is 1. The molecule has 45 heavy (non-hydrogen) atoms. The third-order valence-electron chi connectivity index (χ3n) is 7.75. The lowest BCUT2D eigenvalue weighted by Crippen LogP contribution is -2.53. The molecule has 1 atom stereocenters. The minimum atomic E-state index is -4.21. The largest absolute Gasteiger partial charge is 0.354 e. The van der Waals surface area contributed by atoms with E-state index in [1.165, 1.54) is 17.0 Å². The van der Waals surface area contributed by atoms with Crippen LogP contribution in [0.3, 0.4) is 0 Å². The lowest BCUT2D eigenvalue weighted by Gasteiger charge is -2.34. The predicted molar refractivity (Wildman–Crippen MR) is 181 cm³/mol. The number of sulfonamides is 1. The second kappa shape index (κ2) is 15.2. The van der Waals surface area contributed by atoms with E-state index in [2.05, 4.69) is 5.32 Å². The van der Waals surface area contributed by atoms with Crippen molar-refractivity contribution in [3.8, 4) is 0 Å². The number of nitrogens with zero attached hydrogens (tertiary/aromatic N) is 2. The van der Waals surface area contributed by atoms with Crippen molar-refractivity contribution in [1.82, 2.24) is 10.2 Å². The first-order valence-electron chi connectivity index (χ1n) is 15.0. The molecule has 0 unspecified atom stereocenters. The van der Waals surface area contributed by atoms with Crippen LogP contribution in [-0.4, -0.2) is 44.3 Å². The van der Waals surface area contributed by atoms with Crippen molar-refractivity contribution in [1.29, 1.82) is 0 Å². The molecule has 0 aliphatic rings. The first-order valence-corrected chi connectivity index (χ1v) is 16.8. The predicted octanol–water partition coefficient (Wildman–Crippen LogP) is 6.63. The molecular weight excluding hydrogens is 606 g/mol. The molecule has 0 bridgehead atoms. The van der Waals surface area contributed by atoms with Gasteiger partial charge in [0.05, 0.1) is 10.6 Å². The van der Waals surface area contributed by atoms with Crippen LogP contribution in [0.1, 0.15) is 41.2 Å². The lowest BCUT2D eigenvalue weighted by molar-refractivity contribution is -0.140. The van der Waals surface area contributed by atoms with Crippen LogP contribution in [0, 0.1) is 20.8 Å². The zero-order valence-electron chi connectivity index (χ0n) is 26.2. The Morgan fingerprint density at radius 2 is 1.51 bits per heavy atom. The van der Waals surface area contributed by atoms with Crippen molar-refractivity contribution >= 4 is 39.1 Å². The number of hydrogen-bond acceptors (Lipinski definition) is 4. The second-order valence-corrected chi connectivity index (χ2v) is 13.5. The summed E-state index contributed by atoms with van der Waals surface area (Å²) in [6.45, 7) is 7.60. The smallest absolute Gasteiger partial charge is 0.264 e. The van der Waals surface area contributed by atoms with Crippen LogP contribution >= 0.6 is 11.6 Å². The van der Waals surface area contributed by atoms with Crippen molar-refractivity contribution < 1.29 is 18.0 Å². The highest BCUT2D eigenvalue weighted by Gasteiger charge is 2.35. The summed E-state index contributed by atoms with van der Waals surface area (Å²) in [5.41, 5.74) is 4.53. The number of halogens is 1. The normalized spacial score (nSPS) is 11.9. The maximum absolute atomic E-state index is 14.6. The Balaban J connectivity index is 1.83. The molecule has 0 aliphatic heterocycles. The topological polar surface area (TPSA) is 86.8 Å². The lowest BCUT2D eigenvalue weighted by atomic mass is 10.0. The summed E-state index contributed by atoms with van der Waals surface area (Å²) in [4.78, 5) is 29.9. The molecule has 4 aromatic rings. The van der Waals surface area contributed by atoms with Gasteiger partial charge >= 0.3 is 0 Å². The summed E-state index contributed by atoms with van der Waals surface area (Å²) >= 11 is 6.36. The van der Waals surface area contributed by atoms with Crippen LogP contribution in [0.5, 0.6) is 0 Å². The average Bonchev–Trinajstić information content (AvgIpc) is 3.03. The van der Waals surface area contributed by atoms with Crippen molar-refractivity contribution in [2.24, 2.45) is 0 Å². The monoisotopic (exact) mass is 645 g/mol. The SMILES string of the molecule is CCCNC(=O)[C@H](Cc1ccccc1)N(Cc1ccccc1C)C(=O)CN(c1cc(Cl)ccc1C)S(=O)(=O)c1ccc(C)cc1. The van der Waals surface area contributed by atoms with Crippen LogP contribution in [0.2, 0.25) is 5.02 Å². The molecule has 4 rings (SSSR count). The molecule has 0 saturated carbocycles. The van der Waals surface area contributed by atoms with E-state index in [4.69, 9.17) is 11.6 Å². The fraction of sp³-hybridized carbons (Fsp3) is 0.278. The van der Waals surface area contributed by atoms with Gasteiger partial charge in [-0.3, -0.25) is 13.9 Å². The molecule has 4 aromatic carbocycles. The maximum Gasteiger partial charge on any atom is 0.264 e. The van der Waals surface area contributed by atoms with E-state index in [0.29, 0.717) is 22.8 Å². The number of carbonyl (C=O) groups excluding carboxylic acids is 2. The second-order valence-electron chi connectivity index (χ2n) is 11.2. The van der Waals surface area contributed by atoms with Crippen molar-refractivity contribution in [2.75, 3.05) is 17.4 Å². The summed E-state index contributed by atoms with van der Waals surface area (Å²) < 4.78 is 29.6. The highest BCUT2D eigenvalue weighted by molar-refractivity contribution is 7.92. The van der Waals surface area contributed by atoms with Crippen LogP contribution < -0.4 is 9.62 Å². The van der Waals surface area contributed by atoms with E-state index in [0.717, 1.165) is 33.0 Å². The van der Waals surface area contributed by atoms with Crippen LogP contribution in [0.25, 0.3) is 0 Å². The fourth-order valence-corrected chi connectivity index (χ4v) is 6.73. The highest BCUT2D eigenvalue weighted by Crippen LogP contribution is 2.30. The van der Waals surface area contributed by atoms with E-state index >= 15 is 0 Å². The number of carbonyl (C=O) groups is 2. The van der Waals surface area contributed by atoms with Gasteiger partial charge in [0.25, 0.3) is 10.0 Å². The minimum Gasteiger partial charge on any atom is -0.354 e. The van der Waals surface area contributed by atoms with Crippen LogP contribution in [0.15, 0.2) is 102 Å². The van der Waals surface area contributed by atoms with Gasteiger partial charge in [-0.1, -0.05) is 96.9 Å². The number of benzene rings is 4. The van der Waals surface area contributed by atoms with E-state index in [9.17, 15) is 18.0 Å². The van der Waals surface area contributed by atoms with Gasteiger partial charge in [0.15, 0.2) is 0 Å². The van der Waals surface area contributed by atoms with Gasteiger partial charge in [-0.05, 0) is 73.7 Å². The molecule has 7 nitrogen and oxygen atoms in total. The number of amides is 2. The summed E-state index contributed by atoms with van der Waals surface area (Å²) in [6.07, 6.45) is 0.987. The van der Waals surface area contributed by atoms with Gasteiger partial charge in [0.1, 0.15) is 12.6 Å². The Hall–Kier alpha value is -4.14. The van der Waals surface area contributed by atoms with E-state index < -0.39 is 28.5 Å². The molecule has 0 aromatic heterocycles. The summed E-state index contributed by atoms with van der Waals surface area (Å²) in [5, 5.41) is 3.31. The van der Waals surface area contributed by atoms with Crippen molar-refractivity contribution in [2.45, 2.75) is 58.0 Å². The van der Waals surface area contributed by atoms with Crippen molar-refractivity contribution in [3.63, 3.8) is 0 Å². The summed E-state index contributed by atoms with van der Waals surface area (Å²) in [7, 11) is -4.21. The zero-order chi connectivity index (χ0) is 32.6. The van der Waals surface area contributed by atoms with Gasteiger partial charge in [0, 0.05) is 24.5 Å². The van der Waals surface area contributed by atoms with Gasteiger partial charge < -0.3 is 10.2 Å². The van der Waals surface area contributed by atoms with E-state index in [-0.39, 0.29) is 23.8 Å². The number of hydrogen-bond donors (Lipinski definition) is 1. The number of rotatable bonds is 13. The highest BCUT2D eigenvalue weighted by atomic mass is 35.5. The van der Waals surface area contributed by atoms with Crippen LogP contribution in [-0.2, 0) is 32.6 Å². The Morgan fingerprint density at radius 1 is 0.844 bits per heavy atom. The minimum absolute atomic E-state index is 0.0484. The Bertz CT molecular complexity index is 1730. The number of anilines is 1. The molecule has 0 saturated heterocycles. The Kier molecular flexibility index (Phi) is 11.4. The Labute approximate surface area is 271 Å². The van der Waals surface area contributed by atoms with E-state index in [1.54, 1.807) is 37.3 Å². The fourth-order valence-electron chi connectivity index (χ4n) is 5.09. The zero-order valence-corrected chi connectivity index (χ0v) is 27.7. The molecule has 0 fully saturated rings. The maximum atomic E-state index is 14.6. The van der Waals surface area contributed by atoms with Crippen molar-refractivity contribution in [3.05, 3.63) is 130 Å². The van der Waals surface area contributed by atoms with Gasteiger partial charge in [0.2, 0.25) is 11.8 Å². The third-order valence-corrected chi connectivity index (χ3v) is 9.76. The Morgan fingerprint density at radius 3 is 2.18 bits per heavy atom. The molecule has 0 radical (unpaired) electrons. The number of aryl methyl sites for hydroxylation is 3. The molecule has 2 amide bonds. The third kappa shape index (κ3) is 8.53. The molecule has 236 valence electrons.